The van der Waals surface area contributed by atoms with Gasteiger partial charge in [-0.15, -0.1) is 0 Å². The fourth-order valence-corrected chi connectivity index (χ4v) is 2.45. The summed E-state index contributed by atoms with van der Waals surface area (Å²) >= 11 is 0. The van der Waals surface area contributed by atoms with Gasteiger partial charge < -0.3 is 20.6 Å². The van der Waals surface area contributed by atoms with Gasteiger partial charge in [-0.2, -0.15) is 0 Å². The van der Waals surface area contributed by atoms with E-state index in [1.54, 1.807) is 0 Å². The van der Waals surface area contributed by atoms with Crippen molar-refractivity contribution in [1.82, 2.24) is 15.5 Å². The quantitative estimate of drug-likeness (QED) is 0.713. The summed E-state index contributed by atoms with van der Waals surface area (Å²) in [5.74, 6) is -0.0405. The summed E-state index contributed by atoms with van der Waals surface area (Å²) in [6.45, 7) is 1.87. The first-order valence-corrected chi connectivity index (χ1v) is 6.97. The zero-order valence-corrected chi connectivity index (χ0v) is 12.1. The largest absolute Gasteiger partial charge is 0.392 e. The highest BCUT2D eigenvalue weighted by Gasteiger charge is 2.27. The second kappa shape index (κ2) is 6.83. The molecule has 5 heteroatoms. The number of β-amino-alcohol motifs (C(OH)–C–C–N with tert-alkyl or cyclic N) is 1. The van der Waals surface area contributed by atoms with Gasteiger partial charge in [-0.25, -0.2) is 0 Å². The molecule has 1 aromatic carbocycles. The van der Waals surface area contributed by atoms with Crippen LogP contribution in [0.4, 0.5) is 0 Å². The molecule has 5 nitrogen and oxygen atoms in total. The SMILES string of the molecule is CN(C)Cc1ccccc1CNC(=O)C1CC(O)CN1. The summed E-state index contributed by atoms with van der Waals surface area (Å²) in [4.78, 5) is 14.1. The molecule has 2 unspecified atom stereocenters. The number of hydrogen-bond acceptors (Lipinski definition) is 4. The monoisotopic (exact) mass is 277 g/mol. The van der Waals surface area contributed by atoms with E-state index in [9.17, 15) is 9.90 Å². The zero-order valence-electron chi connectivity index (χ0n) is 12.1. The van der Waals surface area contributed by atoms with Crippen LogP contribution in [-0.2, 0) is 17.9 Å². The molecule has 110 valence electrons. The summed E-state index contributed by atoms with van der Waals surface area (Å²) in [5, 5.41) is 15.4. The number of aliphatic hydroxyl groups excluding tert-OH is 1. The third-order valence-corrected chi connectivity index (χ3v) is 3.48. The van der Waals surface area contributed by atoms with Gasteiger partial charge in [0, 0.05) is 19.6 Å². The Morgan fingerprint density at radius 3 is 2.70 bits per heavy atom. The van der Waals surface area contributed by atoms with Crippen LogP contribution in [0, 0.1) is 0 Å². The van der Waals surface area contributed by atoms with Crippen LogP contribution in [0.3, 0.4) is 0 Å². The van der Waals surface area contributed by atoms with Gasteiger partial charge in [0.25, 0.3) is 0 Å². The molecule has 3 N–H and O–H groups in total. The highest BCUT2D eigenvalue weighted by Crippen LogP contribution is 2.11. The van der Waals surface area contributed by atoms with Gasteiger partial charge >= 0.3 is 0 Å². The van der Waals surface area contributed by atoms with Crippen molar-refractivity contribution in [3.63, 3.8) is 0 Å². The molecule has 0 radical (unpaired) electrons. The first-order valence-electron chi connectivity index (χ1n) is 6.97. The third-order valence-electron chi connectivity index (χ3n) is 3.48. The van der Waals surface area contributed by atoms with Gasteiger partial charge in [-0.1, -0.05) is 24.3 Å². The Morgan fingerprint density at radius 2 is 2.10 bits per heavy atom. The molecule has 1 aliphatic heterocycles. The van der Waals surface area contributed by atoms with E-state index in [4.69, 9.17) is 0 Å². The number of amides is 1. The van der Waals surface area contributed by atoms with E-state index in [1.807, 2.05) is 32.3 Å². The molecule has 2 rings (SSSR count). The van der Waals surface area contributed by atoms with E-state index >= 15 is 0 Å². The van der Waals surface area contributed by atoms with Crippen molar-refractivity contribution in [2.75, 3.05) is 20.6 Å². The highest BCUT2D eigenvalue weighted by atomic mass is 16.3. The standard InChI is InChI=1S/C15H23N3O2/c1-18(2)10-12-6-4-3-5-11(12)8-17-15(20)14-7-13(19)9-16-14/h3-6,13-14,16,19H,7-10H2,1-2H3,(H,17,20). The molecule has 0 bridgehead atoms. The summed E-state index contributed by atoms with van der Waals surface area (Å²) in [6.07, 6.45) is 0.0809. The Balaban J connectivity index is 1.92. The fraction of sp³-hybridized carbons (Fsp3) is 0.533. The molecule has 1 amide bonds. The smallest absolute Gasteiger partial charge is 0.237 e. The van der Waals surface area contributed by atoms with E-state index in [-0.39, 0.29) is 11.9 Å². The average molecular weight is 277 g/mol. The molecule has 1 fully saturated rings. The van der Waals surface area contributed by atoms with Gasteiger partial charge in [0.1, 0.15) is 0 Å². The number of rotatable bonds is 5. The fourth-order valence-electron chi connectivity index (χ4n) is 2.45. The number of nitrogens with one attached hydrogen (secondary N) is 2. The number of nitrogens with zero attached hydrogens (tertiary/aromatic N) is 1. The predicted molar refractivity (Wildman–Crippen MR) is 78.1 cm³/mol. The van der Waals surface area contributed by atoms with Crippen molar-refractivity contribution in [2.24, 2.45) is 0 Å². The van der Waals surface area contributed by atoms with Gasteiger partial charge in [0.15, 0.2) is 0 Å². The number of hydrogen-bond donors (Lipinski definition) is 3. The first kappa shape index (κ1) is 15.0. The first-order chi connectivity index (χ1) is 9.56. The van der Waals surface area contributed by atoms with E-state index in [1.165, 1.54) is 5.56 Å². The molecular weight excluding hydrogens is 254 g/mol. The molecule has 0 spiro atoms. The minimum absolute atomic E-state index is 0.0405. The number of carbonyl (C=O) groups is 1. The molecule has 2 atom stereocenters. The van der Waals surface area contributed by atoms with Crippen LogP contribution in [0.1, 0.15) is 17.5 Å². The highest BCUT2D eigenvalue weighted by molar-refractivity contribution is 5.82. The van der Waals surface area contributed by atoms with Gasteiger partial charge in [0.2, 0.25) is 5.91 Å². The topological polar surface area (TPSA) is 64.6 Å². The lowest BCUT2D eigenvalue weighted by molar-refractivity contribution is -0.123. The summed E-state index contributed by atoms with van der Waals surface area (Å²) in [5.41, 5.74) is 2.35. The van der Waals surface area contributed by atoms with Crippen molar-refractivity contribution in [1.29, 1.82) is 0 Å². The van der Waals surface area contributed by atoms with Crippen LogP contribution in [-0.4, -0.2) is 48.7 Å². The number of benzene rings is 1. The van der Waals surface area contributed by atoms with Crippen molar-refractivity contribution < 1.29 is 9.90 Å². The minimum atomic E-state index is -0.410. The van der Waals surface area contributed by atoms with Crippen LogP contribution in [0.25, 0.3) is 0 Å². The van der Waals surface area contributed by atoms with Crippen LogP contribution >= 0.6 is 0 Å². The second-order valence-corrected chi connectivity index (χ2v) is 5.57. The molecule has 1 aliphatic rings. The van der Waals surface area contributed by atoms with E-state index in [0.29, 0.717) is 19.5 Å². The van der Waals surface area contributed by atoms with Crippen LogP contribution < -0.4 is 10.6 Å². The lowest BCUT2D eigenvalue weighted by atomic mass is 10.1. The molecule has 0 saturated carbocycles. The normalized spacial score (nSPS) is 22.2. The van der Waals surface area contributed by atoms with Crippen molar-refractivity contribution in [3.05, 3.63) is 35.4 Å². The zero-order chi connectivity index (χ0) is 14.5. The van der Waals surface area contributed by atoms with Crippen LogP contribution in [0.15, 0.2) is 24.3 Å². The Labute approximate surface area is 120 Å². The number of aliphatic hydroxyl groups is 1. The minimum Gasteiger partial charge on any atom is -0.392 e. The Kier molecular flexibility index (Phi) is 5.11. The van der Waals surface area contributed by atoms with E-state index < -0.39 is 6.10 Å². The molecule has 1 saturated heterocycles. The molecular formula is C15H23N3O2. The molecule has 0 aliphatic carbocycles. The van der Waals surface area contributed by atoms with Crippen molar-refractivity contribution in [2.45, 2.75) is 31.7 Å². The average Bonchev–Trinajstić information content (AvgIpc) is 2.83. The second-order valence-electron chi connectivity index (χ2n) is 5.57. The van der Waals surface area contributed by atoms with Crippen LogP contribution in [0.2, 0.25) is 0 Å². The summed E-state index contributed by atoms with van der Waals surface area (Å²) in [6, 6.07) is 7.85. The van der Waals surface area contributed by atoms with Crippen LogP contribution in [0.5, 0.6) is 0 Å². The molecule has 1 heterocycles. The lowest BCUT2D eigenvalue weighted by Crippen LogP contribution is -2.40. The van der Waals surface area contributed by atoms with Gasteiger partial charge in [-0.3, -0.25) is 4.79 Å². The maximum Gasteiger partial charge on any atom is 0.237 e. The predicted octanol–water partition coefficient (Wildman–Crippen LogP) is 0.0872. The maximum absolute atomic E-state index is 12.0. The van der Waals surface area contributed by atoms with Crippen molar-refractivity contribution >= 4 is 5.91 Å². The summed E-state index contributed by atoms with van der Waals surface area (Å²) < 4.78 is 0. The molecule has 0 aromatic heterocycles. The maximum atomic E-state index is 12.0. The molecule has 1 aromatic rings. The van der Waals surface area contributed by atoms with E-state index in [0.717, 1.165) is 12.1 Å². The summed E-state index contributed by atoms with van der Waals surface area (Å²) in [7, 11) is 4.05. The Morgan fingerprint density at radius 1 is 1.40 bits per heavy atom. The Bertz CT molecular complexity index is 462. The third kappa shape index (κ3) is 4.03. The Hall–Kier alpha value is -1.43. The van der Waals surface area contributed by atoms with E-state index in [2.05, 4.69) is 21.6 Å². The number of carbonyl (C=O) groups excluding carboxylic acids is 1. The van der Waals surface area contributed by atoms with Gasteiger partial charge in [0.05, 0.1) is 12.1 Å². The van der Waals surface area contributed by atoms with Gasteiger partial charge in [-0.05, 0) is 31.6 Å². The lowest BCUT2D eigenvalue weighted by Gasteiger charge is -2.16. The molecule has 20 heavy (non-hydrogen) atoms. The van der Waals surface area contributed by atoms with Crippen molar-refractivity contribution in [3.8, 4) is 0 Å².